The zero-order valence-corrected chi connectivity index (χ0v) is 21.5. The van der Waals surface area contributed by atoms with Crippen molar-refractivity contribution in [2.45, 2.75) is 44.9 Å². The summed E-state index contributed by atoms with van der Waals surface area (Å²) >= 11 is 0.963. The van der Waals surface area contributed by atoms with Gasteiger partial charge in [0.2, 0.25) is 5.95 Å². The normalized spacial score (nSPS) is 19.9. The van der Waals surface area contributed by atoms with E-state index in [0.29, 0.717) is 22.9 Å². The van der Waals surface area contributed by atoms with Crippen LogP contribution >= 0.6 is 11.3 Å². The van der Waals surface area contributed by atoms with Gasteiger partial charge in [-0.1, -0.05) is 6.42 Å². The summed E-state index contributed by atoms with van der Waals surface area (Å²) in [6.07, 6.45) is 7.52. The van der Waals surface area contributed by atoms with Crippen molar-refractivity contribution >= 4 is 43.3 Å². The van der Waals surface area contributed by atoms with Gasteiger partial charge in [0.05, 0.1) is 35.4 Å². The Kier molecular flexibility index (Phi) is 5.65. The summed E-state index contributed by atoms with van der Waals surface area (Å²) in [7, 11) is 0. The highest BCUT2D eigenvalue weighted by Gasteiger charge is 2.32. The number of nitrogens with zero attached hydrogens (tertiary/aromatic N) is 6. The summed E-state index contributed by atoms with van der Waals surface area (Å²) in [4.78, 5) is 18.3. The first kappa shape index (κ1) is 23.6. The summed E-state index contributed by atoms with van der Waals surface area (Å²) < 4.78 is 37.1. The quantitative estimate of drug-likeness (QED) is 0.403. The van der Waals surface area contributed by atoms with E-state index < -0.39 is 11.6 Å². The average Bonchev–Trinajstić information content (AvgIpc) is 3.69. The van der Waals surface area contributed by atoms with Gasteiger partial charge in [-0.2, -0.15) is 5.26 Å². The number of benzene rings is 1. The molecule has 8 nitrogen and oxygen atoms in total. The average molecular weight is 534 g/mol. The lowest BCUT2D eigenvalue weighted by atomic mass is 9.94. The number of nitriles is 1. The molecule has 0 spiro atoms. The second kappa shape index (κ2) is 9.08. The second-order valence-electron chi connectivity index (χ2n) is 10.2. The van der Waals surface area contributed by atoms with Gasteiger partial charge < -0.3 is 15.4 Å². The van der Waals surface area contributed by atoms with Gasteiger partial charge in [-0.25, -0.2) is 18.7 Å². The number of thiophene rings is 1. The summed E-state index contributed by atoms with van der Waals surface area (Å²) in [5.74, 6) is -0.679. The van der Waals surface area contributed by atoms with Crippen LogP contribution in [0.1, 0.15) is 42.4 Å². The number of ether oxygens (including phenoxy) is 1. The van der Waals surface area contributed by atoms with E-state index in [1.807, 2.05) is 6.07 Å². The molecule has 0 radical (unpaired) electrons. The van der Waals surface area contributed by atoms with Gasteiger partial charge in [0, 0.05) is 41.7 Å². The summed E-state index contributed by atoms with van der Waals surface area (Å²) in [5, 5.41) is 10.7. The molecular weight excluding hydrogens is 508 g/mol. The number of nitrogens with two attached hydrogens (primary N) is 1. The molecule has 3 aliphatic rings. The minimum absolute atomic E-state index is 0.100. The van der Waals surface area contributed by atoms with E-state index in [1.165, 1.54) is 19.3 Å². The number of halogens is 2. The van der Waals surface area contributed by atoms with Crippen molar-refractivity contribution in [3.63, 3.8) is 0 Å². The molecule has 2 saturated heterocycles. The van der Waals surface area contributed by atoms with Gasteiger partial charge >= 0.3 is 0 Å². The second-order valence-corrected chi connectivity index (χ2v) is 11.2. The molecule has 4 aromatic rings. The van der Waals surface area contributed by atoms with Crippen LogP contribution in [0.4, 0.5) is 19.7 Å². The number of nitrogen functional groups attached to an aromatic ring is 1. The number of piperidine rings is 1. The third-order valence-corrected chi connectivity index (χ3v) is 9.11. The first-order valence-corrected chi connectivity index (χ1v) is 13.7. The molecule has 0 saturated carbocycles. The lowest BCUT2D eigenvalue weighted by Gasteiger charge is -2.32. The maximum absolute atomic E-state index is 16.5. The van der Waals surface area contributed by atoms with Crippen molar-refractivity contribution in [3.8, 4) is 17.3 Å². The zero-order chi connectivity index (χ0) is 26.0. The van der Waals surface area contributed by atoms with Gasteiger partial charge in [0.15, 0.2) is 11.6 Å². The molecule has 194 valence electrons. The molecule has 3 aromatic heterocycles. The molecule has 1 atom stereocenters. The van der Waals surface area contributed by atoms with Crippen molar-refractivity contribution in [3.05, 3.63) is 40.7 Å². The number of hydrogen-bond acceptors (Lipinski definition) is 9. The molecule has 2 fully saturated rings. The van der Waals surface area contributed by atoms with Gasteiger partial charge in [0.1, 0.15) is 16.6 Å². The molecule has 11 heteroatoms. The molecule has 38 heavy (non-hydrogen) atoms. The highest BCUT2D eigenvalue weighted by atomic mass is 32.1. The van der Waals surface area contributed by atoms with Crippen LogP contribution in [0.2, 0.25) is 0 Å². The van der Waals surface area contributed by atoms with E-state index in [0.717, 1.165) is 55.7 Å². The molecule has 2 N–H and O–H groups in total. The van der Waals surface area contributed by atoms with Gasteiger partial charge in [-0.05, 0) is 43.5 Å². The van der Waals surface area contributed by atoms with Crippen LogP contribution in [-0.4, -0.2) is 52.1 Å². The van der Waals surface area contributed by atoms with Gasteiger partial charge in [-0.3, -0.25) is 9.88 Å². The smallest absolute Gasteiger partial charge is 0.226 e. The number of fused-ring (bicyclic) bond motifs is 4. The molecule has 3 aliphatic heterocycles. The van der Waals surface area contributed by atoms with Crippen molar-refractivity contribution in [1.82, 2.24) is 19.9 Å². The standard InChI is InChI=1S/C27H25F2N7OS/c28-19-10-32-24(21-15(8-30)26(31)38-25(19)21)20-18-13-37-12-17(18)16-9-33-27(34-23(16)22(20)29)36-7-4-14(11-36)35-5-2-1-3-6-35/h9-10,14H,1-7,11-13,31H2/t14-/m0/s1. The fourth-order valence-electron chi connectivity index (χ4n) is 6.20. The largest absolute Gasteiger partial charge is 0.389 e. The Morgan fingerprint density at radius 3 is 2.71 bits per heavy atom. The van der Waals surface area contributed by atoms with E-state index in [9.17, 15) is 9.65 Å². The number of likely N-dealkylation sites (tertiary alicyclic amines) is 1. The SMILES string of the molecule is N#Cc1c(N)sc2c(F)cnc(-c3c4c(c5cnc(N6CC[C@H](N7CCCCC7)C6)nc5c3F)COC4)c12. The lowest BCUT2D eigenvalue weighted by Crippen LogP contribution is -2.41. The summed E-state index contributed by atoms with van der Waals surface area (Å²) in [5.41, 5.74) is 8.07. The predicted octanol–water partition coefficient (Wildman–Crippen LogP) is 4.73. The van der Waals surface area contributed by atoms with Crippen molar-refractivity contribution in [2.75, 3.05) is 36.8 Å². The molecule has 7 rings (SSSR count). The van der Waals surface area contributed by atoms with E-state index in [2.05, 4.69) is 19.8 Å². The maximum Gasteiger partial charge on any atom is 0.226 e. The molecular formula is C27H25F2N7OS. The van der Waals surface area contributed by atoms with Crippen LogP contribution < -0.4 is 10.6 Å². The molecule has 6 heterocycles. The Hall–Kier alpha value is -3.46. The van der Waals surface area contributed by atoms with E-state index in [-0.39, 0.29) is 50.6 Å². The lowest BCUT2D eigenvalue weighted by molar-refractivity contribution is 0.135. The van der Waals surface area contributed by atoms with Crippen LogP contribution in [0.25, 0.3) is 32.2 Å². The molecule has 0 aliphatic carbocycles. The molecule has 0 unspecified atom stereocenters. The van der Waals surface area contributed by atoms with E-state index >= 15 is 4.39 Å². The fraction of sp³-hybridized carbons (Fsp3) is 0.407. The van der Waals surface area contributed by atoms with Gasteiger partial charge in [0.25, 0.3) is 0 Å². The monoisotopic (exact) mass is 533 g/mol. The molecule has 1 aromatic carbocycles. The van der Waals surface area contributed by atoms with Crippen LogP contribution in [0.3, 0.4) is 0 Å². The third kappa shape index (κ3) is 3.55. The Balaban J connectivity index is 1.37. The summed E-state index contributed by atoms with van der Waals surface area (Å²) in [6, 6.07) is 2.50. The first-order valence-electron chi connectivity index (χ1n) is 12.9. The van der Waals surface area contributed by atoms with Crippen LogP contribution in [-0.2, 0) is 18.0 Å². The van der Waals surface area contributed by atoms with E-state index in [4.69, 9.17) is 15.5 Å². The number of aromatic nitrogens is 3. The Morgan fingerprint density at radius 2 is 1.89 bits per heavy atom. The third-order valence-electron chi connectivity index (χ3n) is 8.09. The van der Waals surface area contributed by atoms with Gasteiger partial charge in [-0.15, -0.1) is 11.3 Å². The topological polar surface area (TPSA) is 104 Å². The minimum Gasteiger partial charge on any atom is -0.389 e. The molecule has 0 amide bonds. The molecule has 0 bridgehead atoms. The number of pyridine rings is 1. The predicted molar refractivity (Wildman–Crippen MR) is 142 cm³/mol. The van der Waals surface area contributed by atoms with E-state index in [1.54, 1.807) is 6.20 Å². The Labute approximate surface area is 221 Å². The fourth-order valence-corrected chi connectivity index (χ4v) is 7.12. The van der Waals surface area contributed by atoms with Crippen LogP contribution in [0.5, 0.6) is 0 Å². The minimum atomic E-state index is -0.599. The number of anilines is 2. The highest BCUT2D eigenvalue weighted by molar-refractivity contribution is 7.23. The first-order chi connectivity index (χ1) is 18.5. The summed E-state index contributed by atoms with van der Waals surface area (Å²) in [6.45, 7) is 4.33. The van der Waals surface area contributed by atoms with Crippen molar-refractivity contribution < 1.29 is 13.5 Å². The Bertz CT molecular complexity index is 1640. The number of hydrogen-bond donors (Lipinski definition) is 1. The number of rotatable bonds is 3. The van der Waals surface area contributed by atoms with Crippen LogP contribution in [0, 0.1) is 23.0 Å². The Morgan fingerprint density at radius 1 is 1.08 bits per heavy atom. The van der Waals surface area contributed by atoms with Crippen molar-refractivity contribution in [2.24, 2.45) is 0 Å². The maximum atomic E-state index is 16.5. The highest BCUT2D eigenvalue weighted by Crippen LogP contribution is 2.45. The van der Waals surface area contributed by atoms with Crippen LogP contribution in [0.15, 0.2) is 12.4 Å². The zero-order valence-electron chi connectivity index (χ0n) is 20.6. The van der Waals surface area contributed by atoms with Crippen molar-refractivity contribution in [1.29, 1.82) is 5.26 Å².